The lowest BCUT2D eigenvalue weighted by molar-refractivity contribution is -0.158. The maximum absolute atomic E-state index is 10.7. The highest BCUT2D eigenvalue weighted by Crippen LogP contribution is 2.38. The molecule has 1 fully saturated rings. The van der Waals surface area contributed by atoms with Gasteiger partial charge < -0.3 is 23.4 Å². The minimum absolute atomic E-state index is 0.135. The van der Waals surface area contributed by atoms with Gasteiger partial charge in [-0.05, 0) is 48.8 Å². The van der Waals surface area contributed by atoms with E-state index in [4.69, 9.17) is 18.3 Å². The second-order valence-electron chi connectivity index (χ2n) is 11.5. The minimum atomic E-state index is -1.90. The summed E-state index contributed by atoms with van der Waals surface area (Å²) in [5, 5.41) is 11.0. The number of rotatable bonds is 9. The van der Waals surface area contributed by atoms with Crippen molar-refractivity contribution in [3.05, 3.63) is 11.6 Å². The quantitative estimate of drug-likeness (QED) is 0.376. The standard InChI is InChI=1S/C22H46O5Si2/c1-20(2,3)28(8,9)26-16-18(17-27-29(10,11)21(4,5)6)14-19(23)15-22(7)24-12-13-25-22/h14,19,23H,12-13,15-17H2,1-11H3. The zero-order valence-electron chi connectivity index (χ0n) is 20.8. The Kier molecular flexibility index (Phi) is 8.97. The van der Waals surface area contributed by atoms with E-state index in [1.165, 1.54) is 0 Å². The Labute approximate surface area is 181 Å². The van der Waals surface area contributed by atoms with E-state index in [1.807, 2.05) is 13.0 Å². The number of hydrogen-bond donors (Lipinski definition) is 1. The molecule has 29 heavy (non-hydrogen) atoms. The normalized spacial score (nSPS) is 19.3. The third-order valence-corrected chi connectivity index (χ3v) is 15.7. The Balaban J connectivity index is 2.92. The fraction of sp³-hybridized carbons (Fsp3) is 0.909. The van der Waals surface area contributed by atoms with E-state index in [0.29, 0.717) is 32.8 Å². The number of aliphatic hydroxyl groups is 1. The first-order valence-electron chi connectivity index (χ1n) is 10.8. The van der Waals surface area contributed by atoms with Crippen LogP contribution in [0.15, 0.2) is 11.6 Å². The van der Waals surface area contributed by atoms with Crippen molar-refractivity contribution in [3.8, 4) is 0 Å². The maximum Gasteiger partial charge on any atom is 0.192 e. The van der Waals surface area contributed by atoms with E-state index in [9.17, 15) is 5.11 Å². The molecule has 1 aliphatic rings. The molecule has 1 unspecified atom stereocenters. The molecular weight excluding hydrogens is 400 g/mol. The van der Waals surface area contributed by atoms with Gasteiger partial charge in [0, 0.05) is 6.42 Å². The second-order valence-corrected chi connectivity index (χ2v) is 21.1. The van der Waals surface area contributed by atoms with E-state index in [1.54, 1.807) is 0 Å². The predicted molar refractivity (Wildman–Crippen MR) is 125 cm³/mol. The Morgan fingerprint density at radius 1 is 0.931 bits per heavy atom. The molecule has 5 nitrogen and oxygen atoms in total. The van der Waals surface area contributed by atoms with Gasteiger partial charge in [0.2, 0.25) is 0 Å². The van der Waals surface area contributed by atoms with Gasteiger partial charge in [-0.3, -0.25) is 0 Å². The first kappa shape index (κ1) is 27.0. The summed E-state index contributed by atoms with van der Waals surface area (Å²) in [5.41, 5.74) is 0.994. The molecule has 0 aliphatic carbocycles. The summed E-state index contributed by atoms with van der Waals surface area (Å²) in [6.45, 7) is 26.4. The number of hydrogen-bond acceptors (Lipinski definition) is 5. The van der Waals surface area contributed by atoms with Crippen molar-refractivity contribution in [2.45, 2.75) is 103 Å². The molecule has 0 radical (unpaired) electrons. The van der Waals surface area contributed by atoms with Crippen LogP contribution in [0, 0.1) is 0 Å². The first-order chi connectivity index (χ1) is 12.9. The van der Waals surface area contributed by atoms with E-state index >= 15 is 0 Å². The van der Waals surface area contributed by atoms with E-state index in [0.717, 1.165) is 5.57 Å². The highest BCUT2D eigenvalue weighted by Gasteiger charge is 2.39. The van der Waals surface area contributed by atoms with Gasteiger partial charge in [-0.1, -0.05) is 47.6 Å². The van der Waals surface area contributed by atoms with Crippen LogP contribution in [0.5, 0.6) is 0 Å². The second kappa shape index (κ2) is 9.63. The van der Waals surface area contributed by atoms with Crippen molar-refractivity contribution in [3.63, 3.8) is 0 Å². The number of ether oxygens (including phenoxy) is 2. The topological polar surface area (TPSA) is 57.2 Å². The lowest BCUT2D eigenvalue weighted by Gasteiger charge is -2.38. The maximum atomic E-state index is 10.7. The SMILES string of the molecule is CC1(CC(O)C=C(CO[Si](C)(C)C(C)(C)C)CO[Si](C)(C)C(C)(C)C)OCCO1. The van der Waals surface area contributed by atoms with Gasteiger partial charge in [0.05, 0.1) is 32.5 Å². The summed E-state index contributed by atoms with van der Waals surface area (Å²) in [5.74, 6) is -0.721. The van der Waals surface area contributed by atoms with Gasteiger partial charge in [-0.25, -0.2) is 0 Å². The summed E-state index contributed by atoms with van der Waals surface area (Å²) in [4.78, 5) is 0. The summed E-state index contributed by atoms with van der Waals surface area (Å²) >= 11 is 0. The summed E-state index contributed by atoms with van der Waals surface area (Å²) in [7, 11) is -3.79. The average Bonchev–Trinajstić information content (AvgIpc) is 2.93. The zero-order chi connectivity index (χ0) is 22.7. The molecule has 172 valence electrons. The van der Waals surface area contributed by atoms with Gasteiger partial charge in [-0.15, -0.1) is 0 Å². The number of aliphatic hydroxyl groups excluding tert-OH is 1. The van der Waals surface area contributed by atoms with Gasteiger partial charge in [0.1, 0.15) is 0 Å². The molecule has 1 atom stereocenters. The zero-order valence-corrected chi connectivity index (χ0v) is 22.8. The molecule has 0 aromatic carbocycles. The molecule has 1 heterocycles. The van der Waals surface area contributed by atoms with E-state index in [-0.39, 0.29) is 10.1 Å². The smallest absolute Gasteiger partial charge is 0.192 e. The Bertz CT molecular complexity index is 521. The van der Waals surface area contributed by atoms with Crippen LogP contribution < -0.4 is 0 Å². The van der Waals surface area contributed by atoms with Crippen molar-refractivity contribution in [1.29, 1.82) is 0 Å². The van der Waals surface area contributed by atoms with Crippen LogP contribution in [0.1, 0.15) is 54.9 Å². The molecule has 1 saturated heterocycles. The highest BCUT2D eigenvalue weighted by molar-refractivity contribution is 6.74. The first-order valence-corrected chi connectivity index (χ1v) is 16.6. The molecule has 0 amide bonds. The van der Waals surface area contributed by atoms with Crippen molar-refractivity contribution in [2.24, 2.45) is 0 Å². The van der Waals surface area contributed by atoms with Crippen LogP contribution in [-0.4, -0.2) is 60.1 Å². The van der Waals surface area contributed by atoms with Crippen LogP contribution in [0.2, 0.25) is 36.3 Å². The van der Waals surface area contributed by atoms with Crippen molar-refractivity contribution >= 4 is 16.6 Å². The molecule has 0 bridgehead atoms. The van der Waals surface area contributed by atoms with Gasteiger partial charge in [0.15, 0.2) is 22.4 Å². The van der Waals surface area contributed by atoms with Crippen LogP contribution in [0.3, 0.4) is 0 Å². The Morgan fingerprint density at radius 3 is 1.66 bits per heavy atom. The van der Waals surface area contributed by atoms with Crippen LogP contribution in [-0.2, 0) is 18.3 Å². The van der Waals surface area contributed by atoms with E-state index in [2.05, 4.69) is 67.7 Å². The fourth-order valence-electron chi connectivity index (χ4n) is 2.50. The van der Waals surface area contributed by atoms with Crippen LogP contribution in [0.4, 0.5) is 0 Å². The average molecular weight is 447 g/mol. The summed E-state index contributed by atoms with van der Waals surface area (Å²) < 4.78 is 24.2. The molecule has 1 rings (SSSR count). The highest BCUT2D eigenvalue weighted by atomic mass is 28.4. The largest absolute Gasteiger partial charge is 0.413 e. The van der Waals surface area contributed by atoms with Crippen molar-refractivity contribution in [2.75, 3.05) is 26.4 Å². The molecule has 0 aromatic rings. The van der Waals surface area contributed by atoms with Crippen molar-refractivity contribution in [1.82, 2.24) is 0 Å². The molecule has 1 N–H and O–H groups in total. The molecule has 0 spiro atoms. The molecule has 0 saturated carbocycles. The van der Waals surface area contributed by atoms with Crippen LogP contribution >= 0.6 is 0 Å². The Morgan fingerprint density at radius 2 is 1.31 bits per heavy atom. The van der Waals surface area contributed by atoms with Gasteiger partial charge in [-0.2, -0.15) is 0 Å². The third-order valence-electron chi connectivity index (χ3n) is 6.76. The third kappa shape index (κ3) is 8.20. The Hall–Kier alpha value is -0.0262. The lowest BCUT2D eigenvalue weighted by Crippen LogP contribution is -2.43. The minimum Gasteiger partial charge on any atom is -0.413 e. The molecule has 0 aromatic heterocycles. The summed E-state index contributed by atoms with van der Waals surface area (Å²) in [6, 6.07) is 0. The monoisotopic (exact) mass is 446 g/mol. The predicted octanol–water partition coefficient (Wildman–Crippen LogP) is 5.47. The van der Waals surface area contributed by atoms with Crippen molar-refractivity contribution < 1.29 is 23.4 Å². The molecule has 7 heteroatoms. The molecular formula is C22H46O5Si2. The summed E-state index contributed by atoms with van der Waals surface area (Å²) in [6.07, 6.45) is 1.62. The fourth-order valence-corrected chi connectivity index (χ4v) is 4.46. The molecule has 1 aliphatic heterocycles. The lowest BCUT2D eigenvalue weighted by atomic mass is 10.1. The van der Waals surface area contributed by atoms with Gasteiger partial charge >= 0.3 is 0 Å². The van der Waals surface area contributed by atoms with Gasteiger partial charge in [0.25, 0.3) is 0 Å². The van der Waals surface area contributed by atoms with E-state index < -0.39 is 28.5 Å². The van der Waals surface area contributed by atoms with Crippen LogP contribution in [0.25, 0.3) is 0 Å².